The number of hydrogen-bond donors (Lipinski definition) is 0. The van der Waals surface area contributed by atoms with Crippen molar-refractivity contribution in [2.45, 2.75) is 38.5 Å². The van der Waals surface area contributed by atoms with Crippen LogP contribution < -0.4 is 0 Å². The summed E-state index contributed by atoms with van der Waals surface area (Å²) in [5.74, 6) is 0.163. The Morgan fingerprint density at radius 2 is 1.94 bits per heavy atom. The van der Waals surface area contributed by atoms with Crippen molar-refractivity contribution in [1.29, 1.82) is 0 Å². The van der Waals surface area contributed by atoms with Crippen molar-refractivity contribution in [3.63, 3.8) is 0 Å². The van der Waals surface area contributed by atoms with Crippen molar-refractivity contribution in [3.05, 3.63) is 0 Å². The molecular weight excluding hydrogens is 206 g/mol. The van der Waals surface area contributed by atoms with E-state index in [0.717, 1.165) is 18.9 Å². The number of nitrogens with zero attached hydrogens (tertiary/aromatic N) is 1. The molecule has 92 valence electrons. The van der Waals surface area contributed by atoms with Crippen LogP contribution in [-0.2, 0) is 14.3 Å². The number of carbonyl (C=O) groups excluding carboxylic acids is 2. The summed E-state index contributed by atoms with van der Waals surface area (Å²) in [6.45, 7) is 0.750. The van der Waals surface area contributed by atoms with E-state index in [9.17, 15) is 9.59 Å². The number of amides is 1. The van der Waals surface area contributed by atoms with Gasteiger partial charge in [-0.05, 0) is 12.3 Å². The summed E-state index contributed by atoms with van der Waals surface area (Å²) in [5.41, 5.74) is 0. The molecule has 0 aromatic carbocycles. The zero-order valence-electron chi connectivity index (χ0n) is 10.2. The zero-order valence-corrected chi connectivity index (χ0v) is 10.2. The van der Waals surface area contributed by atoms with Gasteiger partial charge in [-0.15, -0.1) is 0 Å². The van der Waals surface area contributed by atoms with E-state index in [1.807, 2.05) is 0 Å². The van der Waals surface area contributed by atoms with Crippen molar-refractivity contribution in [3.8, 4) is 0 Å². The maximum Gasteiger partial charge on any atom is 0.315 e. The number of carbonyl (C=O) groups is 2. The first-order valence-electron chi connectivity index (χ1n) is 5.94. The molecule has 0 aromatic rings. The predicted octanol–water partition coefficient (Wildman–Crippen LogP) is 1.59. The Hall–Kier alpha value is -1.06. The van der Waals surface area contributed by atoms with Gasteiger partial charge in [0.05, 0.1) is 7.11 Å². The fourth-order valence-corrected chi connectivity index (χ4v) is 2.13. The third-order valence-corrected chi connectivity index (χ3v) is 3.30. The maximum absolute atomic E-state index is 11.5. The van der Waals surface area contributed by atoms with Crippen LogP contribution in [0, 0.1) is 5.92 Å². The summed E-state index contributed by atoms with van der Waals surface area (Å²) in [6, 6.07) is 0. The van der Waals surface area contributed by atoms with Gasteiger partial charge in [0.2, 0.25) is 5.91 Å². The first-order valence-corrected chi connectivity index (χ1v) is 5.94. The molecule has 0 spiro atoms. The van der Waals surface area contributed by atoms with Gasteiger partial charge in [0.15, 0.2) is 0 Å². The van der Waals surface area contributed by atoms with Crippen LogP contribution in [0.2, 0.25) is 0 Å². The molecule has 1 aliphatic carbocycles. The largest absolute Gasteiger partial charge is 0.469 e. The molecule has 0 radical (unpaired) electrons. The molecule has 1 aliphatic rings. The molecule has 0 saturated heterocycles. The second-order valence-electron chi connectivity index (χ2n) is 4.51. The van der Waals surface area contributed by atoms with Crippen LogP contribution in [0.25, 0.3) is 0 Å². The van der Waals surface area contributed by atoms with Crippen LogP contribution in [0.5, 0.6) is 0 Å². The fourth-order valence-electron chi connectivity index (χ4n) is 2.13. The highest BCUT2D eigenvalue weighted by molar-refractivity contribution is 5.94. The first kappa shape index (κ1) is 13.0. The smallest absolute Gasteiger partial charge is 0.315 e. The lowest BCUT2D eigenvalue weighted by atomic mass is 10.0. The fraction of sp³-hybridized carbons (Fsp3) is 0.833. The number of ether oxygens (including phenoxy) is 1. The lowest BCUT2D eigenvalue weighted by Crippen LogP contribution is -2.30. The van der Waals surface area contributed by atoms with E-state index in [0.29, 0.717) is 0 Å². The molecule has 1 saturated carbocycles. The summed E-state index contributed by atoms with van der Waals surface area (Å²) in [4.78, 5) is 24.1. The predicted molar refractivity (Wildman–Crippen MR) is 60.8 cm³/mol. The van der Waals surface area contributed by atoms with Gasteiger partial charge in [-0.2, -0.15) is 0 Å². The van der Waals surface area contributed by atoms with Gasteiger partial charge in [-0.25, -0.2) is 0 Å². The third-order valence-electron chi connectivity index (χ3n) is 3.30. The quantitative estimate of drug-likeness (QED) is 0.529. The number of methoxy groups -OCH3 is 1. The molecule has 0 aliphatic heterocycles. The van der Waals surface area contributed by atoms with Gasteiger partial charge < -0.3 is 9.64 Å². The Kier molecular flexibility index (Phi) is 5.29. The lowest BCUT2D eigenvalue weighted by Gasteiger charge is -2.18. The number of esters is 1. The highest BCUT2D eigenvalue weighted by Gasteiger charge is 2.18. The highest BCUT2D eigenvalue weighted by atomic mass is 16.5. The summed E-state index contributed by atoms with van der Waals surface area (Å²) >= 11 is 0. The van der Waals surface area contributed by atoms with E-state index >= 15 is 0 Å². The molecule has 0 N–H and O–H groups in total. The molecule has 1 amide bonds. The molecule has 4 heteroatoms. The van der Waals surface area contributed by atoms with Crippen LogP contribution >= 0.6 is 0 Å². The molecule has 1 rings (SSSR count). The molecule has 0 heterocycles. The zero-order chi connectivity index (χ0) is 12.0. The second kappa shape index (κ2) is 6.51. The number of rotatable bonds is 5. The number of hydrogen-bond acceptors (Lipinski definition) is 3. The van der Waals surface area contributed by atoms with E-state index < -0.39 is 5.97 Å². The van der Waals surface area contributed by atoms with Crippen molar-refractivity contribution < 1.29 is 14.3 Å². The van der Waals surface area contributed by atoms with Crippen LogP contribution in [0.15, 0.2) is 0 Å². The van der Waals surface area contributed by atoms with Crippen molar-refractivity contribution >= 4 is 11.9 Å². The Bertz CT molecular complexity index is 247. The minimum Gasteiger partial charge on any atom is -0.469 e. The lowest BCUT2D eigenvalue weighted by molar-refractivity contribution is -0.146. The summed E-state index contributed by atoms with van der Waals surface area (Å²) in [6.07, 6.45) is 6.15. The topological polar surface area (TPSA) is 46.6 Å². The van der Waals surface area contributed by atoms with Gasteiger partial charge in [-0.3, -0.25) is 9.59 Å². The van der Waals surface area contributed by atoms with Gasteiger partial charge >= 0.3 is 5.97 Å². The average molecular weight is 227 g/mol. The van der Waals surface area contributed by atoms with Crippen LogP contribution in [-0.4, -0.2) is 37.5 Å². The molecule has 0 bridgehead atoms. The average Bonchev–Trinajstić information content (AvgIpc) is 2.78. The SMILES string of the molecule is COC(=O)CC(=O)N(C)CCC1CCCC1. The van der Waals surface area contributed by atoms with Gasteiger partial charge in [0, 0.05) is 13.6 Å². The molecule has 0 atom stereocenters. The molecular formula is C12H21NO3. The van der Waals surface area contributed by atoms with E-state index in [1.165, 1.54) is 32.8 Å². The second-order valence-corrected chi connectivity index (χ2v) is 4.51. The van der Waals surface area contributed by atoms with E-state index in [4.69, 9.17) is 0 Å². The summed E-state index contributed by atoms with van der Waals surface area (Å²) in [5, 5.41) is 0. The van der Waals surface area contributed by atoms with Crippen LogP contribution in [0.4, 0.5) is 0 Å². The Balaban J connectivity index is 2.20. The van der Waals surface area contributed by atoms with Crippen molar-refractivity contribution in [2.24, 2.45) is 5.92 Å². The van der Waals surface area contributed by atoms with Gasteiger partial charge in [0.1, 0.15) is 6.42 Å². The minimum absolute atomic E-state index is 0.141. The van der Waals surface area contributed by atoms with E-state index in [-0.39, 0.29) is 12.3 Å². The van der Waals surface area contributed by atoms with Crippen molar-refractivity contribution in [1.82, 2.24) is 4.90 Å². The van der Waals surface area contributed by atoms with E-state index in [1.54, 1.807) is 11.9 Å². The van der Waals surface area contributed by atoms with E-state index in [2.05, 4.69) is 4.74 Å². The maximum atomic E-state index is 11.5. The van der Waals surface area contributed by atoms with Gasteiger partial charge in [0.25, 0.3) is 0 Å². The Labute approximate surface area is 96.9 Å². The van der Waals surface area contributed by atoms with Crippen LogP contribution in [0.3, 0.4) is 0 Å². The normalized spacial score (nSPS) is 16.1. The van der Waals surface area contributed by atoms with Gasteiger partial charge in [-0.1, -0.05) is 25.7 Å². The molecule has 0 unspecified atom stereocenters. The molecule has 16 heavy (non-hydrogen) atoms. The van der Waals surface area contributed by atoms with Crippen molar-refractivity contribution in [2.75, 3.05) is 20.7 Å². The third kappa shape index (κ3) is 4.21. The monoisotopic (exact) mass is 227 g/mol. The summed E-state index contributed by atoms with van der Waals surface area (Å²) in [7, 11) is 3.05. The highest BCUT2D eigenvalue weighted by Crippen LogP contribution is 2.27. The molecule has 4 nitrogen and oxygen atoms in total. The summed E-state index contributed by atoms with van der Waals surface area (Å²) < 4.78 is 4.46. The molecule has 1 fully saturated rings. The van der Waals surface area contributed by atoms with Crippen LogP contribution in [0.1, 0.15) is 38.5 Å². The minimum atomic E-state index is -0.460. The standard InChI is InChI=1S/C12H21NO3/c1-13(11(14)9-12(15)16-2)8-7-10-5-3-4-6-10/h10H,3-9H2,1-2H3. The first-order chi connectivity index (χ1) is 7.63. The Morgan fingerprint density at radius 1 is 1.31 bits per heavy atom. The molecule has 0 aromatic heterocycles. The Morgan fingerprint density at radius 3 is 2.50 bits per heavy atom.